The quantitative estimate of drug-likeness (QED) is 0.929. The fourth-order valence-electron chi connectivity index (χ4n) is 1.96. The monoisotopic (exact) mass is 283 g/mol. The molecule has 0 bridgehead atoms. The average Bonchev–Trinajstić information content (AvgIpc) is 2.75. The van der Waals surface area contributed by atoms with Gasteiger partial charge in [-0.05, 0) is 30.2 Å². The van der Waals surface area contributed by atoms with Gasteiger partial charge in [0, 0.05) is 12.6 Å². The highest BCUT2D eigenvalue weighted by Gasteiger charge is 2.20. The average molecular weight is 284 g/mol. The van der Waals surface area contributed by atoms with Gasteiger partial charge < -0.3 is 5.73 Å². The first-order valence-corrected chi connectivity index (χ1v) is 7.22. The third kappa shape index (κ3) is 2.27. The van der Waals surface area contributed by atoms with Crippen molar-refractivity contribution in [1.29, 1.82) is 0 Å². The fraction of sp³-hybridized carbons (Fsp3) is 0.462. The summed E-state index contributed by atoms with van der Waals surface area (Å²) in [6.07, 6.45) is 0.919. The van der Waals surface area contributed by atoms with Crippen molar-refractivity contribution >= 4 is 28.8 Å². The maximum atomic E-state index is 6.33. The number of nitrogens with two attached hydrogens (primary N) is 1. The SMILES string of the molecule is Cc1csc(-c2nn(C)c(N)c2CC(C)C)c1Cl. The van der Waals surface area contributed by atoms with Crippen LogP contribution >= 0.6 is 22.9 Å². The highest BCUT2D eigenvalue weighted by atomic mass is 35.5. The summed E-state index contributed by atoms with van der Waals surface area (Å²) in [5.41, 5.74) is 9.25. The summed E-state index contributed by atoms with van der Waals surface area (Å²) in [6.45, 7) is 6.37. The zero-order valence-corrected chi connectivity index (χ0v) is 12.7. The number of anilines is 1. The molecule has 5 heteroatoms. The zero-order chi connectivity index (χ0) is 13.4. The van der Waals surface area contributed by atoms with Crippen molar-refractivity contribution in [2.75, 3.05) is 5.73 Å². The van der Waals surface area contributed by atoms with E-state index in [0.717, 1.165) is 39.0 Å². The number of hydrogen-bond donors (Lipinski definition) is 1. The van der Waals surface area contributed by atoms with Crippen molar-refractivity contribution in [3.8, 4) is 10.6 Å². The van der Waals surface area contributed by atoms with Crippen molar-refractivity contribution in [2.45, 2.75) is 27.2 Å². The molecule has 18 heavy (non-hydrogen) atoms. The molecule has 0 spiro atoms. The molecule has 2 aromatic heterocycles. The van der Waals surface area contributed by atoms with Gasteiger partial charge in [0.1, 0.15) is 11.5 Å². The lowest BCUT2D eigenvalue weighted by Gasteiger charge is -2.06. The Morgan fingerprint density at radius 2 is 2.17 bits per heavy atom. The van der Waals surface area contributed by atoms with Gasteiger partial charge in [0.25, 0.3) is 0 Å². The molecule has 0 fully saturated rings. The van der Waals surface area contributed by atoms with E-state index in [4.69, 9.17) is 17.3 Å². The Kier molecular flexibility index (Phi) is 3.69. The molecule has 0 aliphatic rings. The summed E-state index contributed by atoms with van der Waals surface area (Å²) < 4.78 is 1.73. The Morgan fingerprint density at radius 3 is 2.67 bits per heavy atom. The second-order valence-electron chi connectivity index (χ2n) is 5.00. The van der Waals surface area contributed by atoms with Gasteiger partial charge in [-0.25, -0.2) is 0 Å². The Bertz CT molecular complexity index is 569. The maximum absolute atomic E-state index is 6.33. The van der Waals surface area contributed by atoms with E-state index in [1.54, 1.807) is 16.0 Å². The lowest BCUT2D eigenvalue weighted by Crippen LogP contribution is -2.01. The molecule has 0 aliphatic carbocycles. The molecule has 2 N–H and O–H groups in total. The highest BCUT2D eigenvalue weighted by Crippen LogP contribution is 2.39. The summed E-state index contributed by atoms with van der Waals surface area (Å²) in [5.74, 6) is 1.27. The second kappa shape index (κ2) is 4.94. The summed E-state index contributed by atoms with van der Waals surface area (Å²) in [6, 6.07) is 0. The van der Waals surface area contributed by atoms with Crippen molar-refractivity contribution in [3.63, 3.8) is 0 Å². The van der Waals surface area contributed by atoms with E-state index in [-0.39, 0.29) is 0 Å². The number of rotatable bonds is 3. The first-order valence-electron chi connectivity index (χ1n) is 5.97. The Morgan fingerprint density at radius 1 is 1.50 bits per heavy atom. The first kappa shape index (κ1) is 13.4. The number of aryl methyl sites for hydroxylation is 2. The highest BCUT2D eigenvalue weighted by molar-refractivity contribution is 7.14. The number of aromatic nitrogens is 2. The van der Waals surface area contributed by atoms with Crippen LogP contribution in [0.15, 0.2) is 5.38 Å². The molecular weight excluding hydrogens is 266 g/mol. The summed E-state index contributed by atoms with van der Waals surface area (Å²) in [5, 5.41) is 7.38. The van der Waals surface area contributed by atoms with Crippen molar-refractivity contribution < 1.29 is 0 Å². The van der Waals surface area contributed by atoms with Gasteiger partial charge in [-0.2, -0.15) is 5.10 Å². The summed E-state index contributed by atoms with van der Waals surface area (Å²) >= 11 is 7.96. The topological polar surface area (TPSA) is 43.8 Å². The van der Waals surface area contributed by atoms with Crippen LogP contribution in [0.2, 0.25) is 5.02 Å². The van der Waals surface area contributed by atoms with Crippen molar-refractivity contribution in [2.24, 2.45) is 13.0 Å². The molecule has 0 saturated carbocycles. The number of thiophene rings is 1. The molecule has 0 atom stereocenters. The molecule has 2 rings (SSSR count). The van der Waals surface area contributed by atoms with Gasteiger partial charge >= 0.3 is 0 Å². The van der Waals surface area contributed by atoms with Gasteiger partial charge in [0.2, 0.25) is 0 Å². The second-order valence-corrected chi connectivity index (χ2v) is 6.25. The molecular formula is C13H18ClN3S. The minimum atomic E-state index is 0.537. The third-order valence-electron chi connectivity index (χ3n) is 2.92. The Balaban J connectivity index is 2.57. The summed E-state index contributed by atoms with van der Waals surface area (Å²) in [4.78, 5) is 1.03. The van der Waals surface area contributed by atoms with Crippen molar-refractivity contribution in [3.05, 3.63) is 21.5 Å². The van der Waals surface area contributed by atoms with Crippen LogP contribution in [-0.4, -0.2) is 9.78 Å². The molecule has 98 valence electrons. The van der Waals surface area contributed by atoms with E-state index in [0.29, 0.717) is 5.92 Å². The van der Waals surface area contributed by atoms with E-state index in [2.05, 4.69) is 24.3 Å². The van der Waals surface area contributed by atoms with Crippen LogP contribution in [0.25, 0.3) is 10.6 Å². The van der Waals surface area contributed by atoms with Crippen LogP contribution in [0.3, 0.4) is 0 Å². The molecule has 0 saturated heterocycles. The van der Waals surface area contributed by atoms with Gasteiger partial charge in [-0.3, -0.25) is 4.68 Å². The molecule has 0 unspecified atom stereocenters. The van der Waals surface area contributed by atoms with E-state index < -0.39 is 0 Å². The van der Waals surface area contributed by atoms with Crippen LogP contribution in [0.5, 0.6) is 0 Å². The fourth-order valence-corrected chi connectivity index (χ4v) is 3.26. The molecule has 0 radical (unpaired) electrons. The van der Waals surface area contributed by atoms with Gasteiger partial charge in [-0.15, -0.1) is 11.3 Å². The normalized spacial score (nSPS) is 11.4. The molecule has 2 aromatic rings. The standard InChI is InChI=1S/C13H18ClN3S/c1-7(2)5-9-11(16-17(4)13(9)15)12-10(14)8(3)6-18-12/h6-7H,5,15H2,1-4H3. The van der Waals surface area contributed by atoms with E-state index in [9.17, 15) is 0 Å². The van der Waals surface area contributed by atoms with E-state index in [1.807, 2.05) is 14.0 Å². The van der Waals surface area contributed by atoms with Crippen molar-refractivity contribution in [1.82, 2.24) is 9.78 Å². The Labute approximate surface area is 117 Å². The minimum Gasteiger partial charge on any atom is -0.384 e. The van der Waals surface area contributed by atoms with Gasteiger partial charge in [0.05, 0.1) is 9.90 Å². The van der Waals surface area contributed by atoms with E-state index in [1.165, 1.54) is 0 Å². The number of nitrogens with zero attached hydrogens (tertiary/aromatic N) is 2. The first-order chi connectivity index (χ1) is 8.41. The van der Waals surface area contributed by atoms with Crippen LogP contribution < -0.4 is 5.73 Å². The summed E-state index contributed by atoms with van der Waals surface area (Å²) in [7, 11) is 1.87. The molecule has 0 aromatic carbocycles. The van der Waals surface area contributed by atoms with Gasteiger partial charge in [0.15, 0.2) is 0 Å². The van der Waals surface area contributed by atoms with Crippen LogP contribution in [0.4, 0.5) is 5.82 Å². The van der Waals surface area contributed by atoms with Crippen LogP contribution in [0.1, 0.15) is 25.0 Å². The lowest BCUT2D eigenvalue weighted by atomic mass is 10.0. The maximum Gasteiger partial charge on any atom is 0.125 e. The van der Waals surface area contributed by atoms with Crippen LogP contribution in [-0.2, 0) is 13.5 Å². The number of nitrogen functional groups attached to an aromatic ring is 1. The molecule has 0 aliphatic heterocycles. The molecule has 2 heterocycles. The van der Waals surface area contributed by atoms with Gasteiger partial charge in [-0.1, -0.05) is 25.4 Å². The predicted molar refractivity (Wildman–Crippen MR) is 79.2 cm³/mol. The predicted octanol–water partition coefficient (Wildman–Crippen LogP) is 3.89. The largest absolute Gasteiger partial charge is 0.384 e. The number of hydrogen-bond acceptors (Lipinski definition) is 3. The smallest absolute Gasteiger partial charge is 0.125 e. The lowest BCUT2D eigenvalue weighted by molar-refractivity contribution is 0.649. The molecule has 0 amide bonds. The number of halogens is 1. The third-order valence-corrected chi connectivity index (χ3v) is 4.62. The minimum absolute atomic E-state index is 0.537. The molecule has 3 nitrogen and oxygen atoms in total. The van der Waals surface area contributed by atoms with E-state index >= 15 is 0 Å². The Hall–Kier alpha value is -1.00. The van der Waals surface area contributed by atoms with Crippen LogP contribution in [0, 0.1) is 12.8 Å². The zero-order valence-electron chi connectivity index (χ0n) is 11.1.